The summed E-state index contributed by atoms with van der Waals surface area (Å²) in [5.41, 5.74) is 3.11. The standard InChI is InChI=1S/C11H13N3O/c1-8-3-5-14-6-4-12-11(14)10(8)7-13-9(2)15/h3-6H,7H2,1-2H3,(H,13,15). The maximum Gasteiger partial charge on any atom is 0.217 e. The number of aromatic nitrogens is 2. The van der Waals surface area contributed by atoms with Gasteiger partial charge >= 0.3 is 0 Å². The highest BCUT2D eigenvalue weighted by molar-refractivity contribution is 5.73. The van der Waals surface area contributed by atoms with Gasteiger partial charge in [0.15, 0.2) is 0 Å². The van der Waals surface area contributed by atoms with Crippen molar-refractivity contribution in [2.45, 2.75) is 20.4 Å². The second-order valence-electron chi connectivity index (χ2n) is 3.55. The largest absolute Gasteiger partial charge is 0.352 e. The van der Waals surface area contributed by atoms with Crippen LogP contribution in [-0.2, 0) is 11.3 Å². The van der Waals surface area contributed by atoms with Crippen molar-refractivity contribution in [3.8, 4) is 0 Å². The van der Waals surface area contributed by atoms with Crippen LogP contribution in [-0.4, -0.2) is 15.3 Å². The molecule has 0 aliphatic carbocycles. The fourth-order valence-electron chi connectivity index (χ4n) is 1.57. The Morgan fingerprint density at radius 3 is 3.07 bits per heavy atom. The first-order valence-electron chi connectivity index (χ1n) is 4.84. The molecule has 0 saturated heterocycles. The van der Waals surface area contributed by atoms with Crippen molar-refractivity contribution in [1.82, 2.24) is 14.7 Å². The summed E-state index contributed by atoms with van der Waals surface area (Å²) in [7, 11) is 0. The summed E-state index contributed by atoms with van der Waals surface area (Å²) in [4.78, 5) is 15.1. The van der Waals surface area contributed by atoms with E-state index in [0.717, 1.165) is 16.8 Å². The molecule has 2 aromatic heterocycles. The topological polar surface area (TPSA) is 46.4 Å². The van der Waals surface area contributed by atoms with Gasteiger partial charge in [-0.2, -0.15) is 0 Å². The molecule has 0 saturated carbocycles. The molecule has 78 valence electrons. The minimum Gasteiger partial charge on any atom is -0.352 e. The van der Waals surface area contributed by atoms with Gasteiger partial charge in [-0.3, -0.25) is 4.79 Å². The van der Waals surface area contributed by atoms with Gasteiger partial charge in [0.25, 0.3) is 0 Å². The lowest BCUT2D eigenvalue weighted by atomic mass is 10.1. The van der Waals surface area contributed by atoms with Crippen LogP contribution in [0.15, 0.2) is 24.7 Å². The molecule has 1 N–H and O–H groups in total. The molecule has 4 heteroatoms. The average Bonchev–Trinajstić information content (AvgIpc) is 2.63. The number of nitrogens with one attached hydrogen (secondary N) is 1. The van der Waals surface area contributed by atoms with Gasteiger partial charge in [0.2, 0.25) is 5.91 Å². The number of carbonyl (C=O) groups excluding carboxylic acids is 1. The number of hydrogen-bond acceptors (Lipinski definition) is 2. The van der Waals surface area contributed by atoms with E-state index in [4.69, 9.17) is 0 Å². The smallest absolute Gasteiger partial charge is 0.217 e. The van der Waals surface area contributed by atoms with Crippen molar-refractivity contribution in [2.75, 3.05) is 0 Å². The molecule has 2 rings (SSSR count). The quantitative estimate of drug-likeness (QED) is 0.799. The zero-order valence-corrected chi connectivity index (χ0v) is 8.82. The Balaban J connectivity index is 2.42. The molecule has 0 aliphatic rings. The highest BCUT2D eigenvalue weighted by Gasteiger charge is 2.06. The minimum absolute atomic E-state index is 0.0250. The summed E-state index contributed by atoms with van der Waals surface area (Å²) >= 11 is 0. The van der Waals surface area contributed by atoms with Crippen molar-refractivity contribution in [3.05, 3.63) is 35.8 Å². The van der Waals surface area contributed by atoms with Gasteiger partial charge in [0, 0.05) is 37.6 Å². The zero-order valence-electron chi connectivity index (χ0n) is 8.82. The van der Waals surface area contributed by atoms with Crippen molar-refractivity contribution in [2.24, 2.45) is 0 Å². The Morgan fingerprint density at radius 1 is 1.53 bits per heavy atom. The lowest BCUT2D eigenvalue weighted by Gasteiger charge is -2.07. The predicted octanol–water partition coefficient (Wildman–Crippen LogP) is 1.28. The Labute approximate surface area is 87.9 Å². The van der Waals surface area contributed by atoms with Gasteiger partial charge in [-0.05, 0) is 18.6 Å². The second-order valence-corrected chi connectivity index (χ2v) is 3.55. The monoisotopic (exact) mass is 203 g/mol. The van der Waals surface area contributed by atoms with Gasteiger partial charge in [-0.15, -0.1) is 0 Å². The van der Waals surface area contributed by atoms with E-state index in [-0.39, 0.29) is 5.91 Å². The molecule has 15 heavy (non-hydrogen) atoms. The second kappa shape index (κ2) is 3.73. The lowest BCUT2D eigenvalue weighted by Crippen LogP contribution is -2.20. The Kier molecular flexibility index (Phi) is 2.41. The summed E-state index contributed by atoms with van der Waals surface area (Å²) in [6.07, 6.45) is 5.62. The van der Waals surface area contributed by atoms with E-state index >= 15 is 0 Å². The maximum absolute atomic E-state index is 10.9. The number of hydrogen-bond donors (Lipinski definition) is 1. The van der Waals surface area contributed by atoms with Gasteiger partial charge in [-0.1, -0.05) is 0 Å². The van der Waals surface area contributed by atoms with Crippen LogP contribution in [0.5, 0.6) is 0 Å². The third-order valence-electron chi connectivity index (χ3n) is 2.41. The van der Waals surface area contributed by atoms with Crippen LogP contribution >= 0.6 is 0 Å². The van der Waals surface area contributed by atoms with Gasteiger partial charge in [-0.25, -0.2) is 4.98 Å². The van der Waals surface area contributed by atoms with Gasteiger partial charge in [0.1, 0.15) is 5.65 Å². The fourth-order valence-corrected chi connectivity index (χ4v) is 1.57. The minimum atomic E-state index is -0.0250. The van der Waals surface area contributed by atoms with Crippen LogP contribution < -0.4 is 5.32 Å². The van der Waals surface area contributed by atoms with E-state index < -0.39 is 0 Å². The SMILES string of the molecule is CC(=O)NCc1c(C)ccn2ccnc12. The molecule has 4 nitrogen and oxygen atoms in total. The lowest BCUT2D eigenvalue weighted by molar-refractivity contribution is -0.119. The van der Waals surface area contributed by atoms with Gasteiger partial charge in [0.05, 0.1) is 0 Å². The normalized spacial score (nSPS) is 10.5. The van der Waals surface area contributed by atoms with Crippen molar-refractivity contribution in [1.29, 1.82) is 0 Å². The molecule has 0 fully saturated rings. The van der Waals surface area contributed by atoms with E-state index in [2.05, 4.69) is 10.3 Å². The summed E-state index contributed by atoms with van der Waals surface area (Å²) in [5, 5.41) is 2.79. The number of fused-ring (bicyclic) bond motifs is 1. The molecule has 0 atom stereocenters. The van der Waals surface area contributed by atoms with Crippen molar-refractivity contribution < 1.29 is 4.79 Å². The van der Waals surface area contributed by atoms with Crippen LogP contribution in [0, 0.1) is 6.92 Å². The molecule has 0 spiro atoms. The van der Waals surface area contributed by atoms with Crippen LogP contribution in [0.1, 0.15) is 18.1 Å². The Morgan fingerprint density at radius 2 is 2.33 bits per heavy atom. The number of imidazole rings is 1. The first kappa shape index (κ1) is 9.71. The van der Waals surface area contributed by atoms with Crippen LogP contribution in [0.2, 0.25) is 0 Å². The van der Waals surface area contributed by atoms with Crippen molar-refractivity contribution in [3.63, 3.8) is 0 Å². The first-order valence-corrected chi connectivity index (χ1v) is 4.84. The van der Waals surface area contributed by atoms with Crippen molar-refractivity contribution >= 4 is 11.6 Å². The molecule has 0 aromatic carbocycles. The number of carbonyl (C=O) groups is 1. The summed E-state index contributed by atoms with van der Waals surface area (Å²) in [6, 6.07) is 2.02. The molecule has 2 aromatic rings. The first-order chi connectivity index (χ1) is 7.18. The number of aryl methyl sites for hydroxylation is 1. The number of nitrogens with zero attached hydrogens (tertiary/aromatic N) is 2. The predicted molar refractivity (Wildman–Crippen MR) is 57.4 cm³/mol. The summed E-state index contributed by atoms with van der Waals surface area (Å²) in [5.74, 6) is -0.0250. The highest BCUT2D eigenvalue weighted by atomic mass is 16.1. The molecule has 0 radical (unpaired) electrons. The average molecular weight is 203 g/mol. The number of amides is 1. The van der Waals surface area contributed by atoms with E-state index in [0.29, 0.717) is 6.54 Å². The molecular formula is C11H13N3O. The van der Waals surface area contributed by atoms with E-state index in [1.165, 1.54) is 6.92 Å². The molecule has 2 heterocycles. The summed E-state index contributed by atoms with van der Waals surface area (Å²) < 4.78 is 1.95. The summed E-state index contributed by atoms with van der Waals surface area (Å²) in [6.45, 7) is 4.06. The molecule has 0 unspecified atom stereocenters. The van der Waals surface area contributed by atoms with E-state index in [1.807, 2.05) is 29.8 Å². The number of pyridine rings is 1. The van der Waals surface area contributed by atoms with Crippen LogP contribution in [0.3, 0.4) is 0 Å². The van der Waals surface area contributed by atoms with Crippen LogP contribution in [0.25, 0.3) is 5.65 Å². The Bertz CT molecular complexity index is 502. The third-order valence-corrected chi connectivity index (χ3v) is 2.41. The number of rotatable bonds is 2. The van der Waals surface area contributed by atoms with E-state index in [1.54, 1.807) is 6.20 Å². The molecular weight excluding hydrogens is 190 g/mol. The molecule has 0 aliphatic heterocycles. The molecule has 1 amide bonds. The zero-order chi connectivity index (χ0) is 10.8. The molecule has 0 bridgehead atoms. The Hall–Kier alpha value is -1.84. The maximum atomic E-state index is 10.9. The van der Waals surface area contributed by atoms with Gasteiger partial charge < -0.3 is 9.72 Å². The van der Waals surface area contributed by atoms with E-state index in [9.17, 15) is 4.79 Å². The fraction of sp³-hybridized carbons (Fsp3) is 0.273. The highest BCUT2D eigenvalue weighted by Crippen LogP contribution is 2.13. The van der Waals surface area contributed by atoms with Crippen LogP contribution in [0.4, 0.5) is 0 Å². The third kappa shape index (κ3) is 1.83.